The van der Waals surface area contributed by atoms with Gasteiger partial charge in [0.2, 0.25) is 11.7 Å². The summed E-state index contributed by atoms with van der Waals surface area (Å²) >= 11 is 1.55. The second kappa shape index (κ2) is 3.96. The van der Waals surface area contributed by atoms with Gasteiger partial charge in [-0.1, -0.05) is 18.1 Å². The van der Waals surface area contributed by atoms with Gasteiger partial charge in [0.05, 0.1) is 16.7 Å². The van der Waals surface area contributed by atoms with Crippen LogP contribution in [0, 0.1) is 5.92 Å². The minimum absolute atomic E-state index is 0.122. The minimum Gasteiger partial charge on any atom is -0.465 e. The number of aromatic nitrogens is 2. The van der Waals surface area contributed by atoms with Gasteiger partial charge in [0.1, 0.15) is 6.61 Å². The van der Waals surface area contributed by atoms with E-state index < -0.39 is 0 Å². The Balaban J connectivity index is 1.88. The van der Waals surface area contributed by atoms with Crippen LogP contribution in [0.3, 0.4) is 0 Å². The molecule has 6 heteroatoms. The standard InChI is InChI=1S/C11H10N2O3S/c1-6-7(5-15-11(6)14)10-12-9(13-16-10)8-3-2-4-17-8/h2-4,6-7H,5H2,1H3/t6-,7-/m1/s1. The summed E-state index contributed by atoms with van der Waals surface area (Å²) in [4.78, 5) is 16.6. The van der Waals surface area contributed by atoms with Crippen LogP contribution in [-0.2, 0) is 9.53 Å². The van der Waals surface area contributed by atoms with E-state index in [0.29, 0.717) is 18.3 Å². The SMILES string of the molecule is C[C@H]1C(=O)OC[C@H]1c1nc(-c2cccs2)no1. The maximum absolute atomic E-state index is 11.3. The average Bonchev–Trinajstić information content (AvgIpc) is 3.01. The van der Waals surface area contributed by atoms with Crippen LogP contribution in [0.1, 0.15) is 18.7 Å². The molecule has 3 rings (SSSR count). The molecule has 1 aliphatic rings. The molecule has 0 bridgehead atoms. The lowest BCUT2D eigenvalue weighted by Crippen LogP contribution is -2.10. The third-order valence-corrected chi connectivity index (χ3v) is 3.75. The van der Waals surface area contributed by atoms with E-state index in [1.807, 2.05) is 24.4 Å². The maximum Gasteiger partial charge on any atom is 0.309 e. The highest BCUT2D eigenvalue weighted by Gasteiger charge is 2.38. The molecule has 0 saturated carbocycles. The maximum atomic E-state index is 11.3. The highest BCUT2D eigenvalue weighted by atomic mass is 32.1. The van der Waals surface area contributed by atoms with Crippen molar-refractivity contribution in [1.82, 2.24) is 10.1 Å². The Morgan fingerprint density at radius 1 is 1.53 bits per heavy atom. The number of carbonyl (C=O) groups is 1. The Morgan fingerprint density at radius 2 is 2.41 bits per heavy atom. The van der Waals surface area contributed by atoms with Gasteiger partial charge in [-0.2, -0.15) is 4.98 Å². The van der Waals surface area contributed by atoms with Crippen molar-refractivity contribution < 1.29 is 14.1 Å². The lowest BCUT2D eigenvalue weighted by Gasteiger charge is -2.02. The second-order valence-corrected chi connectivity index (χ2v) is 4.91. The zero-order chi connectivity index (χ0) is 11.8. The Hall–Kier alpha value is -1.69. The van der Waals surface area contributed by atoms with Crippen LogP contribution in [0.15, 0.2) is 22.0 Å². The molecular weight excluding hydrogens is 240 g/mol. The molecule has 0 amide bonds. The molecular formula is C11H10N2O3S. The van der Waals surface area contributed by atoms with E-state index in [4.69, 9.17) is 9.26 Å². The van der Waals surface area contributed by atoms with Gasteiger partial charge in [-0.25, -0.2) is 0 Å². The molecule has 0 aromatic carbocycles. The molecule has 0 spiro atoms. The minimum atomic E-state index is -0.216. The number of rotatable bonds is 2. The molecule has 5 nitrogen and oxygen atoms in total. The van der Waals surface area contributed by atoms with Gasteiger partial charge in [0.15, 0.2) is 0 Å². The van der Waals surface area contributed by atoms with Gasteiger partial charge < -0.3 is 9.26 Å². The van der Waals surface area contributed by atoms with Crippen LogP contribution >= 0.6 is 11.3 Å². The molecule has 1 saturated heterocycles. The monoisotopic (exact) mass is 250 g/mol. The van der Waals surface area contributed by atoms with Crippen molar-refractivity contribution in [3.05, 3.63) is 23.4 Å². The summed E-state index contributed by atoms with van der Waals surface area (Å²) in [5, 5.41) is 5.87. The van der Waals surface area contributed by atoms with Gasteiger partial charge in [0.25, 0.3) is 0 Å². The molecule has 2 atom stereocenters. The predicted octanol–water partition coefficient (Wildman–Crippen LogP) is 2.07. The third kappa shape index (κ3) is 1.74. The van der Waals surface area contributed by atoms with Crippen molar-refractivity contribution in [2.45, 2.75) is 12.8 Å². The summed E-state index contributed by atoms with van der Waals surface area (Å²) in [7, 11) is 0. The van der Waals surface area contributed by atoms with Crippen molar-refractivity contribution >= 4 is 17.3 Å². The zero-order valence-corrected chi connectivity index (χ0v) is 9.94. The first-order valence-electron chi connectivity index (χ1n) is 5.30. The van der Waals surface area contributed by atoms with Crippen LogP contribution in [0.4, 0.5) is 0 Å². The van der Waals surface area contributed by atoms with E-state index in [9.17, 15) is 4.79 Å². The Kier molecular flexibility index (Phi) is 2.44. The summed E-state index contributed by atoms with van der Waals surface area (Å²) in [5.41, 5.74) is 0. The largest absolute Gasteiger partial charge is 0.465 e. The van der Waals surface area contributed by atoms with E-state index in [0.717, 1.165) is 4.88 Å². The van der Waals surface area contributed by atoms with Crippen molar-refractivity contribution in [3.8, 4) is 10.7 Å². The topological polar surface area (TPSA) is 65.2 Å². The number of cyclic esters (lactones) is 1. The number of hydrogen-bond donors (Lipinski definition) is 0. The normalized spacial score (nSPS) is 23.9. The van der Waals surface area contributed by atoms with Crippen molar-refractivity contribution in [1.29, 1.82) is 0 Å². The Morgan fingerprint density at radius 3 is 3.06 bits per heavy atom. The van der Waals surface area contributed by atoms with Crippen molar-refractivity contribution in [3.63, 3.8) is 0 Å². The molecule has 0 unspecified atom stereocenters. The zero-order valence-electron chi connectivity index (χ0n) is 9.12. The van der Waals surface area contributed by atoms with Gasteiger partial charge >= 0.3 is 5.97 Å². The van der Waals surface area contributed by atoms with Gasteiger partial charge in [-0.15, -0.1) is 11.3 Å². The number of hydrogen-bond acceptors (Lipinski definition) is 6. The van der Waals surface area contributed by atoms with E-state index in [2.05, 4.69) is 10.1 Å². The Labute approximate surface area is 101 Å². The van der Waals surface area contributed by atoms with E-state index >= 15 is 0 Å². The number of esters is 1. The fraction of sp³-hybridized carbons (Fsp3) is 0.364. The van der Waals surface area contributed by atoms with Crippen LogP contribution in [-0.4, -0.2) is 22.7 Å². The first-order valence-corrected chi connectivity index (χ1v) is 6.18. The van der Waals surface area contributed by atoms with Crippen molar-refractivity contribution in [2.24, 2.45) is 5.92 Å². The van der Waals surface area contributed by atoms with Crippen molar-refractivity contribution in [2.75, 3.05) is 6.61 Å². The molecule has 0 aliphatic carbocycles. The highest BCUT2D eigenvalue weighted by molar-refractivity contribution is 7.13. The Bertz CT molecular complexity index is 535. The van der Waals surface area contributed by atoms with Gasteiger partial charge in [0, 0.05) is 0 Å². The van der Waals surface area contributed by atoms with Crippen LogP contribution in [0.25, 0.3) is 10.7 Å². The molecule has 1 aliphatic heterocycles. The van der Waals surface area contributed by atoms with Gasteiger partial charge in [-0.3, -0.25) is 4.79 Å². The first kappa shape index (κ1) is 10.5. The number of thiophene rings is 1. The van der Waals surface area contributed by atoms with Crippen LogP contribution < -0.4 is 0 Å². The fourth-order valence-electron chi connectivity index (χ4n) is 1.79. The smallest absolute Gasteiger partial charge is 0.309 e. The molecule has 3 heterocycles. The highest BCUT2D eigenvalue weighted by Crippen LogP contribution is 2.32. The summed E-state index contributed by atoms with van der Waals surface area (Å²) in [6.45, 7) is 2.14. The van der Waals surface area contributed by atoms with Crippen LogP contribution in [0.5, 0.6) is 0 Å². The third-order valence-electron chi connectivity index (χ3n) is 2.88. The summed E-state index contributed by atoms with van der Waals surface area (Å²) in [6.07, 6.45) is 0. The number of nitrogens with zero attached hydrogens (tertiary/aromatic N) is 2. The van der Waals surface area contributed by atoms with E-state index in [-0.39, 0.29) is 17.8 Å². The van der Waals surface area contributed by atoms with E-state index in [1.54, 1.807) is 11.3 Å². The quantitative estimate of drug-likeness (QED) is 0.763. The molecule has 0 radical (unpaired) electrons. The second-order valence-electron chi connectivity index (χ2n) is 3.96. The molecule has 88 valence electrons. The van der Waals surface area contributed by atoms with E-state index in [1.165, 1.54) is 0 Å². The number of carbonyl (C=O) groups excluding carboxylic acids is 1. The number of ether oxygens (including phenoxy) is 1. The molecule has 2 aromatic rings. The summed E-state index contributed by atoms with van der Waals surface area (Å²) in [5.74, 6) is 0.509. The molecule has 1 fully saturated rings. The molecule has 17 heavy (non-hydrogen) atoms. The molecule has 2 aromatic heterocycles. The summed E-state index contributed by atoms with van der Waals surface area (Å²) < 4.78 is 10.2. The van der Waals surface area contributed by atoms with Gasteiger partial charge in [-0.05, 0) is 11.4 Å². The lowest BCUT2D eigenvalue weighted by atomic mass is 9.98. The first-order chi connectivity index (χ1) is 8.25. The average molecular weight is 250 g/mol. The molecule has 0 N–H and O–H groups in total. The van der Waals surface area contributed by atoms with Crippen LogP contribution in [0.2, 0.25) is 0 Å². The summed E-state index contributed by atoms with van der Waals surface area (Å²) in [6, 6.07) is 3.86. The fourth-order valence-corrected chi connectivity index (χ4v) is 2.44. The predicted molar refractivity (Wildman–Crippen MR) is 60.5 cm³/mol. The lowest BCUT2D eigenvalue weighted by molar-refractivity contribution is -0.140.